The van der Waals surface area contributed by atoms with Crippen molar-refractivity contribution in [1.29, 1.82) is 0 Å². The summed E-state index contributed by atoms with van der Waals surface area (Å²) in [5, 5.41) is 1.30. The van der Waals surface area contributed by atoms with Gasteiger partial charge in [-0.25, -0.2) is 5.06 Å². The van der Waals surface area contributed by atoms with Gasteiger partial charge in [-0.05, 0) is 28.7 Å². The zero-order valence-corrected chi connectivity index (χ0v) is 23.6. The van der Waals surface area contributed by atoms with E-state index in [9.17, 15) is 4.79 Å². The van der Waals surface area contributed by atoms with E-state index in [2.05, 4.69) is 6.92 Å². The fraction of sp³-hybridized carbons (Fsp3) is 0.286. The number of ether oxygens (including phenoxy) is 3. The lowest BCUT2D eigenvalue weighted by Crippen LogP contribution is -2.48. The fourth-order valence-electron chi connectivity index (χ4n) is 4.51. The van der Waals surface area contributed by atoms with Gasteiger partial charge in [0.1, 0.15) is 18.8 Å². The predicted octanol–water partition coefficient (Wildman–Crippen LogP) is 6.74. The molecule has 6 nitrogen and oxygen atoms in total. The van der Waals surface area contributed by atoms with Crippen molar-refractivity contribution in [2.45, 2.75) is 58.1 Å². The first-order chi connectivity index (χ1) is 20.2. The molecule has 0 N–H and O–H groups in total. The molecule has 1 amide bonds. The molecule has 0 aliphatic heterocycles. The van der Waals surface area contributed by atoms with E-state index in [0.717, 1.165) is 22.3 Å². The second-order valence-corrected chi connectivity index (χ2v) is 9.80. The minimum Gasteiger partial charge on any atom is -0.371 e. The first kappa shape index (κ1) is 30.2. The summed E-state index contributed by atoms with van der Waals surface area (Å²) in [5.74, 6) is 0. The van der Waals surface area contributed by atoms with E-state index in [4.69, 9.17) is 19.0 Å². The Bertz CT molecular complexity index is 1240. The van der Waals surface area contributed by atoms with Gasteiger partial charge in [0, 0.05) is 0 Å². The van der Waals surface area contributed by atoms with Crippen molar-refractivity contribution in [1.82, 2.24) is 5.06 Å². The van der Waals surface area contributed by atoms with Crippen molar-refractivity contribution in [2.24, 2.45) is 0 Å². The number of nitrogens with zero attached hydrogens (tertiary/aromatic N) is 1. The summed E-state index contributed by atoms with van der Waals surface area (Å²) in [6.45, 7) is 3.70. The molecule has 4 aromatic carbocycles. The highest BCUT2D eigenvalue weighted by molar-refractivity contribution is 5.45. The van der Waals surface area contributed by atoms with Crippen LogP contribution in [0.2, 0.25) is 0 Å². The van der Waals surface area contributed by atoms with Crippen molar-refractivity contribution in [3.8, 4) is 0 Å². The first-order valence-electron chi connectivity index (χ1n) is 14.1. The summed E-state index contributed by atoms with van der Waals surface area (Å²) in [6.07, 6.45) is 0.101. The van der Waals surface area contributed by atoms with Crippen LogP contribution >= 0.6 is 0 Å². The van der Waals surface area contributed by atoms with E-state index in [1.54, 1.807) is 0 Å². The molecule has 0 aromatic heterocycles. The molecule has 0 saturated carbocycles. The molecule has 0 saturated heterocycles. The number of hydroxylamine groups is 2. The molecule has 41 heavy (non-hydrogen) atoms. The number of rotatable bonds is 18. The van der Waals surface area contributed by atoms with E-state index < -0.39 is 12.2 Å². The van der Waals surface area contributed by atoms with Crippen LogP contribution in [0.1, 0.15) is 35.6 Å². The number of carbonyl (C=O) groups excluding carboxylic acids is 1. The lowest BCUT2D eigenvalue weighted by Gasteiger charge is -2.35. The molecule has 0 bridgehead atoms. The molecule has 4 rings (SSSR count). The molecule has 0 fully saturated rings. The van der Waals surface area contributed by atoms with Crippen LogP contribution < -0.4 is 0 Å². The fourth-order valence-corrected chi connectivity index (χ4v) is 4.51. The van der Waals surface area contributed by atoms with Gasteiger partial charge in [-0.1, -0.05) is 128 Å². The van der Waals surface area contributed by atoms with Gasteiger partial charge in [0.25, 0.3) is 0 Å². The maximum Gasteiger partial charge on any atom is 0.233 e. The average molecular weight is 554 g/mol. The highest BCUT2D eigenvalue weighted by atomic mass is 16.7. The Kier molecular flexibility index (Phi) is 12.6. The largest absolute Gasteiger partial charge is 0.371 e. The third-order valence-corrected chi connectivity index (χ3v) is 6.75. The Balaban J connectivity index is 1.55. The minimum atomic E-state index is -0.527. The summed E-state index contributed by atoms with van der Waals surface area (Å²) in [7, 11) is 0. The van der Waals surface area contributed by atoms with E-state index in [1.807, 2.05) is 121 Å². The molecule has 214 valence electrons. The molecule has 0 aliphatic carbocycles. The molecular formula is C35H39NO5. The molecular weight excluding hydrogens is 514 g/mol. The van der Waals surface area contributed by atoms with Crippen LogP contribution in [0.15, 0.2) is 121 Å². The maximum atomic E-state index is 12.2. The van der Waals surface area contributed by atoms with Crippen LogP contribution in [0.4, 0.5) is 0 Å². The average Bonchev–Trinajstić information content (AvgIpc) is 3.04. The SMILES string of the molecule is CC[C@@H](OCc1ccccc1)[C@@H](OCc1ccccc1)[C@@H](CN(C=O)OCc1ccccc1)OCc1ccccc1. The molecule has 0 unspecified atom stereocenters. The van der Waals surface area contributed by atoms with Gasteiger partial charge in [-0.15, -0.1) is 0 Å². The van der Waals surface area contributed by atoms with Crippen LogP contribution in [0.5, 0.6) is 0 Å². The Morgan fingerprint density at radius 2 is 0.951 bits per heavy atom. The first-order valence-corrected chi connectivity index (χ1v) is 14.1. The van der Waals surface area contributed by atoms with Gasteiger partial charge in [-0.3, -0.25) is 9.63 Å². The van der Waals surface area contributed by atoms with Crippen LogP contribution in [0, 0.1) is 0 Å². The molecule has 0 radical (unpaired) electrons. The van der Waals surface area contributed by atoms with E-state index in [-0.39, 0.29) is 19.3 Å². The molecule has 0 aliphatic rings. The van der Waals surface area contributed by atoms with Crippen molar-refractivity contribution < 1.29 is 23.8 Å². The van der Waals surface area contributed by atoms with Crippen molar-refractivity contribution in [2.75, 3.05) is 6.54 Å². The third-order valence-electron chi connectivity index (χ3n) is 6.75. The van der Waals surface area contributed by atoms with Crippen molar-refractivity contribution in [3.63, 3.8) is 0 Å². The number of benzene rings is 4. The van der Waals surface area contributed by atoms with E-state index in [0.29, 0.717) is 32.7 Å². The highest BCUT2D eigenvalue weighted by Gasteiger charge is 2.33. The predicted molar refractivity (Wildman–Crippen MR) is 159 cm³/mol. The molecule has 6 heteroatoms. The quantitative estimate of drug-likeness (QED) is 0.101. The normalized spacial score (nSPS) is 13.3. The Morgan fingerprint density at radius 1 is 0.561 bits per heavy atom. The summed E-state index contributed by atoms with van der Waals surface area (Å²) in [5.41, 5.74) is 4.12. The van der Waals surface area contributed by atoms with Gasteiger partial charge in [-0.2, -0.15) is 0 Å². The highest BCUT2D eigenvalue weighted by Crippen LogP contribution is 2.21. The van der Waals surface area contributed by atoms with Gasteiger partial charge in [0.05, 0.1) is 32.5 Å². The molecule has 4 aromatic rings. The molecule has 3 atom stereocenters. The van der Waals surface area contributed by atoms with Gasteiger partial charge >= 0.3 is 0 Å². The van der Waals surface area contributed by atoms with E-state index in [1.165, 1.54) is 5.06 Å². The lowest BCUT2D eigenvalue weighted by molar-refractivity contribution is -0.208. The number of hydrogen-bond donors (Lipinski definition) is 0. The monoisotopic (exact) mass is 553 g/mol. The van der Waals surface area contributed by atoms with Crippen LogP contribution in [-0.2, 0) is 50.3 Å². The number of amides is 1. The molecule has 0 heterocycles. The Hall–Kier alpha value is -3.81. The zero-order chi connectivity index (χ0) is 28.5. The summed E-state index contributed by atoms with van der Waals surface area (Å²) < 4.78 is 19.5. The minimum absolute atomic E-state index is 0.174. The van der Waals surface area contributed by atoms with E-state index >= 15 is 0 Å². The Morgan fingerprint density at radius 3 is 1.37 bits per heavy atom. The van der Waals surface area contributed by atoms with Crippen LogP contribution in [-0.4, -0.2) is 36.3 Å². The number of carbonyl (C=O) groups is 1. The van der Waals surface area contributed by atoms with Crippen LogP contribution in [0.3, 0.4) is 0 Å². The summed E-state index contributed by atoms with van der Waals surface area (Å²) in [6, 6.07) is 39.8. The summed E-state index contributed by atoms with van der Waals surface area (Å²) >= 11 is 0. The number of hydrogen-bond acceptors (Lipinski definition) is 5. The third kappa shape index (κ3) is 10.3. The van der Waals surface area contributed by atoms with Gasteiger partial charge < -0.3 is 14.2 Å². The van der Waals surface area contributed by atoms with Crippen molar-refractivity contribution >= 4 is 6.41 Å². The molecule has 0 spiro atoms. The second-order valence-electron chi connectivity index (χ2n) is 9.80. The Labute approximate surface area is 243 Å². The van der Waals surface area contributed by atoms with Crippen LogP contribution in [0.25, 0.3) is 0 Å². The van der Waals surface area contributed by atoms with Crippen molar-refractivity contribution in [3.05, 3.63) is 144 Å². The standard InChI is InChI=1S/C35H39NO5/c1-2-33(38-24-29-15-7-3-8-16-29)35(40-26-31-19-11-5-12-20-31)34(39-25-30-17-9-4-10-18-30)23-36(28-37)41-27-32-21-13-6-14-22-32/h3-22,28,33-35H,2,23-27H2,1H3/t33-,34-,35-/m1/s1. The lowest BCUT2D eigenvalue weighted by atomic mass is 10.0. The zero-order valence-electron chi connectivity index (χ0n) is 23.6. The van der Waals surface area contributed by atoms with Gasteiger partial charge in [0.15, 0.2) is 0 Å². The van der Waals surface area contributed by atoms with Gasteiger partial charge in [0.2, 0.25) is 6.41 Å². The second kappa shape index (κ2) is 17.1. The summed E-state index contributed by atoms with van der Waals surface area (Å²) in [4.78, 5) is 18.1. The smallest absolute Gasteiger partial charge is 0.233 e. The topological polar surface area (TPSA) is 57.2 Å². The maximum absolute atomic E-state index is 12.2.